The Labute approximate surface area is 155 Å². The highest BCUT2D eigenvalue weighted by atomic mass is 79.9. The molecule has 0 radical (unpaired) electrons. The van der Waals surface area contributed by atoms with Gasteiger partial charge < -0.3 is 14.4 Å². The Bertz CT molecular complexity index is 779. The van der Waals surface area contributed by atoms with Crippen molar-refractivity contribution < 1.29 is 27.5 Å². The van der Waals surface area contributed by atoms with Gasteiger partial charge in [0.2, 0.25) is 0 Å². The van der Waals surface area contributed by atoms with E-state index in [1.54, 1.807) is 12.1 Å². The fraction of sp³-hybridized carbons (Fsp3) is 0.500. The lowest BCUT2D eigenvalue weighted by Crippen LogP contribution is -2.44. The van der Waals surface area contributed by atoms with Crippen LogP contribution in [0.3, 0.4) is 0 Å². The maximum absolute atomic E-state index is 12.4. The topological polar surface area (TPSA) is 90.0 Å². The minimum Gasteiger partial charge on any atom is -0.497 e. The van der Waals surface area contributed by atoms with Crippen molar-refractivity contribution in [2.45, 2.75) is 25.5 Å². The third kappa shape index (κ3) is 4.72. The lowest BCUT2D eigenvalue weighted by molar-refractivity contribution is -0.140. The van der Waals surface area contributed by atoms with Gasteiger partial charge in [0.15, 0.2) is 15.9 Å². The average molecular weight is 434 g/mol. The van der Waals surface area contributed by atoms with E-state index in [2.05, 4.69) is 15.9 Å². The first-order valence-corrected chi connectivity index (χ1v) is 10.3. The number of methoxy groups -OCH3 is 1. The largest absolute Gasteiger partial charge is 0.497 e. The number of hydrogen-bond donors (Lipinski definition) is 0. The van der Waals surface area contributed by atoms with Crippen LogP contribution in [0.15, 0.2) is 22.7 Å². The molecule has 1 saturated heterocycles. The summed E-state index contributed by atoms with van der Waals surface area (Å²) in [6, 6.07) is 4.46. The van der Waals surface area contributed by atoms with Gasteiger partial charge in [0.05, 0.1) is 24.2 Å². The predicted octanol–water partition coefficient (Wildman–Crippen LogP) is 1.65. The van der Waals surface area contributed by atoms with Gasteiger partial charge in [-0.2, -0.15) is 0 Å². The second-order valence-corrected chi connectivity index (χ2v) is 8.98. The molecule has 0 spiro atoms. The van der Waals surface area contributed by atoms with Crippen molar-refractivity contribution in [2.75, 3.05) is 25.7 Å². The molecule has 2 atom stereocenters. The van der Waals surface area contributed by atoms with E-state index in [0.29, 0.717) is 16.6 Å². The number of carbonyl (C=O) groups is 2. The van der Waals surface area contributed by atoms with E-state index < -0.39 is 27.8 Å². The number of ether oxygens (including phenoxy) is 2. The molecule has 1 amide bonds. The van der Waals surface area contributed by atoms with E-state index in [1.807, 2.05) is 0 Å². The van der Waals surface area contributed by atoms with Crippen LogP contribution in [0.5, 0.6) is 5.75 Å². The monoisotopic (exact) mass is 433 g/mol. The average Bonchev–Trinajstić information content (AvgIpc) is 2.93. The number of carbonyl (C=O) groups excluding carboxylic acids is 2. The van der Waals surface area contributed by atoms with Crippen LogP contribution in [0.4, 0.5) is 0 Å². The first-order chi connectivity index (χ1) is 11.6. The van der Waals surface area contributed by atoms with Gasteiger partial charge in [-0.1, -0.05) is 0 Å². The molecule has 9 heteroatoms. The van der Waals surface area contributed by atoms with Crippen LogP contribution in [0, 0.1) is 0 Å². The Balaban J connectivity index is 2.04. The van der Waals surface area contributed by atoms with Gasteiger partial charge in [0.1, 0.15) is 5.75 Å². The van der Waals surface area contributed by atoms with E-state index in [9.17, 15) is 18.0 Å². The zero-order chi connectivity index (χ0) is 18.8. The molecule has 1 aliphatic heterocycles. The molecule has 1 aliphatic rings. The molecule has 1 aromatic rings. The predicted molar refractivity (Wildman–Crippen MR) is 95.4 cm³/mol. The van der Waals surface area contributed by atoms with Crippen molar-refractivity contribution in [3.63, 3.8) is 0 Å². The fourth-order valence-electron chi connectivity index (χ4n) is 2.61. The SMILES string of the molecule is COc1ccc(Br)c(C(=O)OC(C)C(=O)N(C)C2CCS(=O)(=O)C2)c1. The van der Waals surface area contributed by atoms with Crippen LogP contribution in [0.25, 0.3) is 0 Å². The van der Waals surface area contributed by atoms with Gasteiger partial charge in [-0.3, -0.25) is 4.79 Å². The summed E-state index contributed by atoms with van der Waals surface area (Å²) in [5, 5.41) is 0. The second-order valence-electron chi connectivity index (χ2n) is 5.90. The van der Waals surface area contributed by atoms with Crippen molar-refractivity contribution in [1.82, 2.24) is 4.90 Å². The molecule has 0 aromatic heterocycles. The summed E-state index contributed by atoms with van der Waals surface area (Å²) in [4.78, 5) is 26.1. The van der Waals surface area contributed by atoms with Crippen LogP contribution in [0.1, 0.15) is 23.7 Å². The zero-order valence-corrected chi connectivity index (χ0v) is 16.6. The Kier molecular flexibility index (Phi) is 6.10. The highest BCUT2D eigenvalue weighted by Gasteiger charge is 2.35. The zero-order valence-electron chi connectivity index (χ0n) is 14.2. The van der Waals surface area contributed by atoms with Gasteiger partial charge in [-0.05, 0) is 47.5 Å². The first kappa shape index (κ1) is 19.7. The molecule has 0 saturated carbocycles. The third-order valence-corrected chi connectivity index (χ3v) is 6.57. The van der Waals surface area contributed by atoms with E-state index in [1.165, 1.54) is 32.0 Å². The van der Waals surface area contributed by atoms with Crippen LogP contribution >= 0.6 is 15.9 Å². The fourth-order valence-corrected chi connectivity index (χ4v) is 4.79. The Morgan fingerprint density at radius 3 is 2.60 bits per heavy atom. The number of rotatable bonds is 5. The summed E-state index contributed by atoms with van der Waals surface area (Å²) < 4.78 is 34.0. The Morgan fingerprint density at radius 1 is 1.36 bits per heavy atom. The van der Waals surface area contributed by atoms with Crippen LogP contribution < -0.4 is 4.74 Å². The maximum atomic E-state index is 12.4. The quantitative estimate of drug-likeness (QED) is 0.655. The van der Waals surface area contributed by atoms with Crippen LogP contribution in [0.2, 0.25) is 0 Å². The lowest BCUT2D eigenvalue weighted by atomic mass is 10.2. The minimum atomic E-state index is -3.10. The van der Waals surface area contributed by atoms with E-state index in [0.717, 1.165) is 0 Å². The van der Waals surface area contributed by atoms with E-state index in [4.69, 9.17) is 9.47 Å². The first-order valence-electron chi connectivity index (χ1n) is 7.66. The number of amides is 1. The molecule has 2 unspecified atom stereocenters. The van der Waals surface area contributed by atoms with E-state index >= 15 is 0 Å². The summed E-state index contributed by atoms with van der Waals surface area (Å²) in [6.45, 7) is 1.47. The normalized spacial score (nSPS) is 19.9. The number of likely N-dealkylation sites (N-methyl/N-ethyl adjacent to an activating group) is 1. The molecule has 1 heterocycles. The molecule has 2 rings (SSSR count). The smallest absolute Gasteiger partial charge is 0.340 e. The molecule has 1 fully saturated rings. The third-order valence-electron chi connectivity index (χ3n) is 4.13. The molecule has 25 heavy (non-hydrogen) atoms. The molecular formula is C16H20BrNO6S. The minimum absolute atomic E-state index is 0.0582. The summed E-state index contributed by atoms with van der Waals surface area (Å²) in [5.74, 6) is -0.603. The summed E-state index contributed by atoms with van der Waals surface area (Å²) in [6.07, 6.45) is -0.633. The lowest BCUT2D eigenvalue weighted by Gasteiger charge is -2.26. The molecule has 0 bridgehead atoms. The van der Waals surface area contributed by atoms with E-state index in [-0.39, 0.29) is 23.1 Å². The highest BCUT2D eigenvalue weighted by molar-refractivity contribution is 9.10. The van der Waals surface area contributed by atoms with Crippen LogP contribution in [-0.4, -0.2) is 63.0 Å². The number of halogens is 1. The maximum Gasteiger partial charge on any atom is 0.340 e. The van der Waals surface area contributed by atoms with Gasteiger partial charge in [-0.15, -0.1) is 0 Å². The van der Waals surface area contributed by atoms with Gasteiger partial charge in [-0.25, -0.2) is 13.2 Å². The Morgan fingerprint density at radius 2 is 2.04 bits per heavy atom. The standard InChI is InChI=1S/C16H20BrNO6S/c1-10(15(19)18(2)11-6-7-25(21,22)9-11)24-16(20)13-8-12(23-3)4-5-14(13)17/h4-5,8,10-11H,6-7,9H2,1-3H3. The van der Waals surface area contributed by atoms with Gasteiger partial charge in [0, 0.05) is 17.6 Å². The van der Waals surface area contributed by atoms with Crippen molar-refractivity contribution >= 4 is 37.6 Å². The van der Waals surface area contributed by atoms with Crippen molar-refractivity contribution in [3.8, 4) is 5.75 Å². The molecule has 0 aliphatic carbocycles. The molecule has 7 nitrogen and oxygen atoms in total. The Hall–Kier alpha value is -1.61. The number of esters is 1. The number of sulfone groups is 1. The van der Waals surface area contributed by atoms with Crippen molar-refractivity contribution in [3.05, 3.63) is 28.2 Å². The summed E-state index contributed by atoms with van der Waals surface area (Å²) in [7, 11) is -0.0921. The summed E-state index contributed by atoms with van der Waals surface area (Å²) in [5.41, 5.74) is 0.241. The van der Waals surface area contributed by atoms with Gasteiger partial charge >= 0.3 is 5.97 Å². The van der Waals surface area contributed by atoms with Crippen molar-refractivity contribution in [2.24, 2.45) is 0 Å². The van der Waals surface area contributed by atoms with Crippen LogP contribution in [-0.2, 0) is 19.4 Å². The molecule has 0 N–H and O–H groups in total. The molecule has 138 valence electrons. The van der Waals surface area contributed by atoms with Gasteiger partial charge in [0.25, 0.3) is 5.91 Å². The number of nitrogens with zero attached hydrogens (tertiary/aromatic N) is 1. The summed E-state index contributed by atoms with van der Waals surface area (Å²) >= 11 is 3.26. The second kappa shape index (κ2) is 7.74. The molecular weight excluding hydrogens is 414 g/mol. The number of hydrogen-bond acceptors (Lipinski definition) is 6. The van der Waals surface area contributed by atoms with Crippen molar-refractivity contribution in [1.29, 1.82) is 0 Å². The highest BCUT2D eigenvalue weighted by Crippen LogP contribution is 2.24. The number of benzene rings is 1. The molecule has 1 aromatic carbocycles.